The van der Waals surface area contributed by atoms with Crippen LogP contribution in [0.4, 0.5) is 5.82 Å². The molecule has 0 amide bonds. The maximum Gasteiger partial charge on any atom is 0.191 e. The summed E-state index contributed by atoms with van der Waals surface area (Å²) >= 11 is 0. The van der Waals surface area contributed by atoms with Crippen molar-refractivity contribution in [3.8, 4) is 0 Å². The Morgan fingerprint density at radius 1 is 1.18 bits per heavy atom. The molecule has 1 aromatic heterocycles. The topological polar surface area (TPSA) is 65.0 Å². The summed E-state index contributed by atoms with van der Waals surface area (Å²) in [5.41, 5.74) is 1.18. The molecule has 0 spiro atoms. The molecule has 160 valence electrons. The monoisotopic (exact) mass is 504 g/mol. The van der Waals surface area contributed by atoms with E-state index in [2.05, 4.69) is 45.3 Å². The predicted molar refractivity (Wildman–Crippen MR) is 128 cm³/mol. The van der Waals surface area contributed by atoms with Crippen LogP contribution < -0.4 is 15.5 Å². The third kappa shape index (κ3) is 8.91. The van der Waals surface area contributed by atoms with Crippen molar-refractivity contribution < 1.29 is 4.74 Å². The smallest absolute Gasteiger partial charge is 0.191 e. The van der Waals surface area contributed by atoms with Crippen LogP contribution in [-0.2, 0) is 11.3 Å². The lowest BCUT2D eigenvalue weighted by Crippen LogP contribution is -2.46. The van der Waals surface area contributed by atoms with Crippen LogP contribution in [0.25, 0.3) is 0 Å². The highest BCUT2D eigenvalue weighted by Gasteiger charge is 2.16. The number of piperazine rings is 1. The molecule has 2 heterocycles. The number of halogens is 1. The Morgan fingerprint density at radius 2 is 1.96 bits per heavy atom. The van der Waals surface area contributed by atoms with Crippen molar-refractivity contribution in [2.75, 3.05) is 63.9 Å². The second kappa shape index (κ2) is 14.8. The molecule has 28 heavy (non-hydrogen) atoms. The molecule has 2 rings (SSSR count). The third-order valence-electron chi connectivity index (χ3n) is 4.68. The molecule has 0 unspecified atom stereocenters. The molecule has 7 nitrogen and oxygen atoms in total. The molecule has 0 atom stereocenters. The fourth-order valence-corrected chi connectivity index (χ4v) is 3.06. The van der Waals surface area contributed by atoms with Gasteiger partial charge in [-0.3, -0.25) is 0 Å². The summed E-state index contributed by atoms with van der Waals surface area (Å²) in [5.74, 6) is 1.91. The van der Waals surface area contributed by atoms with Crippen molar-refractivity contribution >= 4 is 35.8 Å². The number of nitrogens with zero attached hydrogens (tertiary/aromatic N) is 4. The number of hydrogen-bond acceptors (Lipinski definition) is 5. The van der Waals surface area contributed by atoms with Gasteiger partial charge >= 0.3 is 0 Å². The summed E-state index contributed by atoms with van der Waals surface area (Å²) in [6.45, 7) is 15.6. The molecule has 1 saturated heterocycles. The lowest BCUT2D eigenvalue weighted by Gasteiger charge is -2.34. The van der Waals surface area contributed by atoms with Crippen LogP contribution in [0.5, 0.6) is 0 Å². The number of ether oxygens (including phenoxy) is 1. The summed E-state index contributed by atoms with van der Waals surface area (Å²) < 4.78 is 5.37. The zero-order valence-corrected chi connectivity index (χ0v) is 19.9. The van der Waals surface area contributed by atoms with Gasteiger partial charge in [0.2, 0.25) is 0 Å². The first-order valence-electron chi connectivity index (χ1n) is 10.3. The van der Waals surface area contributed by atoms with Crippen LogP contribution in [0, 0.1) is 0 Å². The van der Waals surface area contributed by atoms with E-state index < -0.39 is 0 Å². The van der Waals surface area contributed by atoms with Crippen molar-refractivity contribution in [2.45, 2.75) is 33.7 Å². The largest absolute Gasteiger partial charge is 0.382 e. The fourth-order valence-electron chi connectivity index (χ4n) is 3.06. The molecular formula is C20H37IN6O. The van der Waals surface area contributed by atoms with Crippen molar-refractivity contribution in [3.05, 3.63) is 23.9 Å². The molecule has 8 heteroatoms. The second-order valence-corrected chi connectivity index (χ2v) is 6.62. The van der Waals surface area contributed by atoms with E-state index in [-0.39, 0.29) is 24.0 Å². The maximum absolute atomic E-state index is 5.37. The van der Waals surface area contributed by atoms with E-state index in [4.69, 9.17) is 9.73 Å². The van der Waals surface area contributed by atoms with E-state index in [1.807, 2.05) is 19.2 Å². The van der Waals surface area contributed by atoms with Crippen LogP contribution in [-0.4, -0.2) is 74.9 Å². The molecule has 0 saturated carbocycles. The van der Waals surface area contributed by atoms with E-state index in [1.54, 1.807) is 0 Å². The van der Waals surface area contributed by atoms with Crippen molar-refractivity contribution in [1.82, 2.24) is 20.5 Å². The summed E-state index contributed by atoms with van der Waals surface area (Å²) in [7, 11) is 0. The van der Waals surface area contributed by atoms with Crippen LogP contribution in [0.15, 0.2) is 23.3 Å². The lowest BCUT2D eigenvalue weighted by molar-refractivity contribution is 0.145. The minimum Gasteiger partial charge on any atom is -0.382 e. The normalized spacial score (nSPS) is 15.2. The van der Waals surface area contributed by atoms with Gasteiger partial charge in [0.15, 0.2) is 5.96 Å². The molecule has 0 radical (unpaired) electrons. The van der Waals surface area contributed by atoms with Crippen molar-refractivity contribution in [3.63, 3.8) is 0 Å². The Hall–Kier alpha value is -1.13. The van der Waals surface area contributed by atoms with Gasteiger partial charge in [0.05, 0.1) is 6.54 Å². The predicted octanol–water partition coefficient (Wildman–Crippen LogP) is 2.32. The maximum atomic E-state index is 5.37. The highest BCUT2D eigenvalue weighted by molar-refractivity contribution is 14.0. The van der Waals surface area contributed by atoms with E-state index in [9.17, 15) is 0 Å². The molecule has 2 N–H and O–H groups in total. The summed E-state index contributed by atoms with van der Waals surface area (Å²) in [5, 5.41) is 6.67. The van der Waals surface area contributed by atoms with Crippen LogP contribution in [0.2, 0.25) is 0 Å². The zero-order valence-electron chi connectivity index (χ0n) is 17.6. The van der Waals surface area contributed by atoms with Crippen molar-refractivity contribution in [1.29, 1.82) is 0 Å². The van der Waals surface area contributed by atoms with Gasteiger partial charge in [-0.1, -0.05) is 6.92 Å². The molecule has 1 aromatic rings. The van der Waals surface area contributed by atoms with Gasteiger partial charge in [0, 0.05) is 58.7 Å². The highest BCUT2D eigenvalue weighted by Crippen LogP contribution is 2.15. The van der Waals surface area contributed by atoms with Gasteiger partial charge in [-0.15, -0.1) is 24.0 Å². The SMILES string of the molecule is CCNC(=NCc1ccnc(N2CCN(CC)CC2)c1)NCCCOCC.I. The molecule has 0 aromatic carbocycles. The molecule has 1 fully saturated rings. The van der Waals surface area contributed by atoms with Gasteiger partial charge in [-0.2, -0.15) is 0 Å². The number of nitrogens with one attached hydrogen (secondary N) is 2. The molecular weight excluding hydrogens is 467 g/mol. The van der Waals surface area contributed by atoms with E-state index in [0.717, 1.165) is 77.2 Å². The minimum absolute atomic E-state index is 0. The summed E-state index contributed by atoms with van der Waals surface area (Å²) in [6, 6.07) is 4.22. The lowest BCUT2D eigenvalue weighted by atomic mass is 10.2. The van der Waals surface area contributed by atoms with Crippen LogP contribution >= 0.6 is 24.0 Å². The average molecular weight is 504 g/mol. The Bertz CT molecular complexity index is 563. The quantitative estimate of drug-likeness (QED) is 0.221. The number of hydrogen-bond donors (Lipinski definition) is 2. The minimum atomic E-state index is 0. The van der Waals surface area contributed by atoms with Crippen LogP contribution in [0.3, 0.4) is 0 Å². The third-order valence-corrected chi connectivity index (χ3v) is 4.68. The van der Waals surface area contributed by atoms with Gasteiger partial charge in [0.1, 0.15) is 5.82 Å². The van der Waals surface area contributed by atoms with Gasteiger partial charge in [-0.05, 0) is 44.5 Å². The first-order valence-corrected chi connectivity index (χ1v) is 10.3. The number of likely N-dealkylation sites (N-methyl/N-ethyl adjacent to an activating group) is 1. The first kappa shape index (κ1) is 24.9. The van der Waals surface area contributed by atoms with Crippen molar-refractivity contribution in [2.24, 2.45) is 4.99 Å². The Kier molecular flexibility index (Phi) is 13.2. The summed E-state index contributed by atoms with van der Waals surface area (Å²) in [6.07, 6.45) is 2.87. The van der Waals surface area contributed by atoms with Gasteiger partial charge < -0.3 is 25.2 Å². The average Bonchev–Trinajstić information content (AvgIpc) is 2.72. The Balaban J connectivity index is 0.00000392. The molecule has 1 aliphatic heterocycles. The molecule has 0 aliphatic carbocycles. The summed E-state index contributed by atoms with van der Waals surface area (Å²) in [4.78, 5) is 14.1. The van der Waals surface area contributed by atoms with E-state index in [0.29, 0.717) is 6.54 Å². The second-order valence-electron chi connectivity index (χ2n) is 6.62. The number of anilines is 1. The van der Waals surface area contributed by atoms with E-state index in [1.165, 1.54) is 5.56 Å². The van der Waals surface area contributed by atoms with E-state index >= 15 is 0 Å². The van der Waals surface area contributed by atoms with Gasteiger partial charge in [0.25, 0.3) is 0 Å². The Labute approximate surface area is 187 Å². The first-order chi connectivity index (χ1) is 13.3. The molecule has 0 bridgehead atoms. The fraction of sp³-hybridized carbons (Fsp3) is 0.700. The number of guanidine groups is 1. The number of aliphatic imine (C=N–C) groups is 1. The van der Waals surface area contributed by atoms with Crippen LogP contribution in [0.1, 0.15) is 32.8 Å². The standard InChI is InChI=1S/C20H36N6O.HI/c1-4-21-20(23-9-7-15-27-6-3)24-17-18-8-10-22-19(16-18)26-13-11-25(5-2)12-14-26;/h8,10,16H,4-7,9,11-15,17H2,1-3H3,(H2,21,23,24);1H. The highest BCUT2D eigenvalue weighted by atomic mass is 127. The molecule has 1 aliphatic rings. The number of rotatable bonds is 10. The number of pyridine rings is 1. The zero-order chi connectivity index (χ0) is 19.3. The van der Waals surface area contributed by atoms with Gasteiger partial charge in [-0.25, -0.2) is 9.98 Å². The number of aromatic nitrogens is 1. The Morgan fingerprint density at radius 3 is 2.64 bits per heavy atom.